The fraction of sp³-hybridized carbons (Fsp3) is 0.769. The molecule has 0 heterocycles. The summed E-state index contributed by atoms with van der Waals surface area (Å²) in [5.74, 6) is 1.80. The highest BCUT2D eigenvalue weighted by molar-refractivity contribution is 5.92. The molecule has 0 aromatic rings. The lowest BCUT2D eigenvalue weighted by atomic mass is 9.62. The normalized spacial score (nSPS) is 36.2. The van der Waals surface area contributed by atoms with E-state index in [1.807, 2.05) is 6.08 Å². The van der Waals surface area contributed by atoms with Crippen LogP contribution in [0.3, 0.4) is 0 Å². The molecule has 0 N–H and O–H groups in total. The summed E-state index contributed by atoms with van der Waals surface area (Å²) in [5, 5.41) is 0. The van der Waals surface area contributed by atoms with Gasteiger partial charge in [-0.25, -0.2) is 0 Å². The molecule has 0 aliphatic heterocycles. The van der Waals surface area contributed by atoms with Crippen LogP contribution in [0.5, 0.6) is 0 Å². The largest absolute Gasteiger partial charge is 0.295 e. The van der Waals surface area contributed by atoms with Crippen molar-refractivity contribution in [3.8, 4) is 0 Å². The van der Waals surface area contributed by atoms with Gasteiger partial charge in [0.05, 0.1) is 0 Å². The Labute approximate surface area is 86.6 Å². The number of carbonyl (C=O) groups is 1. The SMILES string of the molecule is CC1CCC2C(=CC(=O)CC2(C)C)C1. The van der Waals surface area contributed by atoms with E-state index >= 15 is 0 Å². The molecule has 2 atom stereocenters. The summed E-state index contributed by atoms with van der Waals surface area (Å²) in [6.07, 6.45) is 6.45. The van der Waals surface area contributed by atoms with Crippen molar-refractivity contribution in [2.45, 2.75) is 46.5 Å². The summed E-state index contributed by atoms with van der Waals surface area (Å²) in [6.45, 7) is 6.79. The molecule has 2 aliphatic rings. The number of fused-ring (bicyclic) bond motifs is 1. The Balaban J connectivity index is 2.29. The van der Waals surface area contributed by atoms with Gasteiger partial charge >= 0.3 is 0 Å². The molecule has 1 heteroatoms. The van der Waals surface area contributed by atoms with Crippen LogP contribution in [0, 0.1) is 17.3 Å². The molecule has 0 amide bonds. The molecule has 2 rings (SSSR count). The van der Waals surface area contributed by atoms with Gasteiger partial charge in [0.15, 0.2) is 5.78 Å². The third-order valence-electron chi connectivity index (χ3n) is 3.90. The average Bonchev–Trinajstić information content (AvgIpc) is 2.00. The molecule has 1 fully saturated rings. The van der Waals surface area contributed by atoms with Crippen LogP contribution in [0.25, 0.3) is 0 Å². The second kappa shape index (κ2) is 3.22. The topological polar surface area (TPSA) is 17.1 Å². The van der Waals surface area contributed by atoms with Gasteiger partial charge < -0.3 is 0 Å². The Morgan fingerprint density at radius 1 is 1.36 bits per heavy atom. The number of hydrogen-bond acceptors (Lipinski definition) is 1. The monoisotopic (exact) mass is 192 g/mol. The van der Waals surface area contributed by atoms with E-state index in [2.05, 4.69) is 20.8 Å². The van der Waals surface area contributed by atoms with Crippen LogP contribution in [0.1, 0.15) is 46.5 Å². The Hall–Kier alpha value is -0.590. The second-order valence-electron chi connectivity index (χ2n) is 5.79. The lowest BCUT2D eigenvalue weighted by Crippen LogP contribution is -2.35. The molecule has 2 unspecified atom stereocenters. The van der Waals surface area contributed by atoms with Crippen LogP contribution >= 0.6 is 0 Å². The number of carbonyl (C=O) groups excluding carboxylic acids is 1. The van der Waals surface area contributed by atoms with Gasteiger partial charge in [-0.2, -0.15) is 0 Å². The minimum Gasteiger partial charge on any atom is -0.295 e. The number of allylic oxidation sites excluding steroid dienone is 2. The quantitative estimate of drug-likeness (QED) is 0.575. The molecule has 14 heavy (non-hydrogen) atoms. The summed E-state index contributed by atoms with van der Waals surface area (Å²) in [4.78, 5) is 11.6. The maximum Gasteiger partial charge on any atom is 0.156 e. The Bertz CT molecular complexity index is 286. The third-order valence-corrected chi connectivity index (χ3v) is 3.90. The van der Waals surface area contributed by atoms with Crippen LogP contribution in [0.4, 0.5) is 0 Å². The summed E-state index contributed by atoms with van der Waals surface area (Å²) in [6, 6.07) is 0. The van der Waals surface area contributed by atoms with E-state index in [1.54, 1.807) is 0 Å². The minimum absolute atomic E-state index is 0.210. The summed E-state index contributed by atoms with van der Waals surface area (Å²) >= 11 is 0. The Kier molecular flexibility index (Phi) is 2.29. The number of hydrogen-bond donors (Lipinski definition) is 0. The lowest BCUT2D eigenvalue weighted by Gasteiger charge is -2.42. The zero-order chi connectivity index (χ0) is 10.3. The maximum absolute atomic E-state index is 11.6. The van der Waals surface area contributed by atoms with Crippen LogP contribution in [0.2, 0.25) is 0 Å². The Morgan fingerprint density at radius 3 is 2.79 bits per heavy atom. The summed E-state index contributed by atoms with van der Waals surface area (Å²) in [7, 11) is 0. The van der Waals surface area contributed by atoms with Crippen molar-refractivity contribution in [1.29, 1.82) is 0 Å². The predicted molar refractivity (Wildman–Crippen MR) is 58.0 cm³/mol. The predicted octanol–water partition coefficient (Wildman–Crippen LogP) is 3.35. The van der Waals surface area contributed by atoms with E-state index in [-0.39, 0.29) is 5.41 Å². The molecule has 2 aliphatic carbocycles. The zero-order valence-electron chi connectivity index (χ0n) is 9.47. The first-order valence-electron chi connectivity index (χ1n) is 5.72. The molecule has 0 aromatic heterocycles. The highest BCUT2D eigenvalue weighted by Crippen LogP contribution is 2.47. The van der Waals surface area contributed by atoms with Crippen molar-refractivity contribution in [2.24, 2.45) is 17.3 Å². The van der Waals surface area contributed by atoms with Crippen LogP contribution in [-0.4, -0.2) is 5.78 Å². The van der Waals surface area contributed by atoms with Crippen molar-refractivity contribution < 1.29 is 4.79 Å². The van der Waals surface area contributed by atoms with Crippen molar-refractivity contribution in [2.75, 3.05) is 0 Å². The first kappa shape index (κ1) is 9.95. The highest BCUT2D eigenvalue weighted by Gasteiger charge is 2.39. The first-order valence-corrected chi connectivity index (χ1v) is 5.72. The van der Waals surface area contributed by atoms with E-state index in [1.165, 1.54) is 18.4 Å². The molecular weight excluding hydrogens is 172 g/mol. The first-order chi connectivity index (χ1) is 6.49. The number of rotatable bonds is 0. The lowest BCUT2D eigenvalue weighted by molar-refractivity contribution is -0.118. The van der Waals surface area contributed by atoms with E-state index < -0.39 is 0 Å². The van der Waals surface area contributed by atoms with Crippen molar-refractivity contribution in [3.63, 3.8) is 0 Å². The van der Waals surface area contributed by atoms with Crippen molar-refractivity contribution in [3.05, 3.63) is 11.6 Å². The fourth-order valence-corrected chi connectivity index (χ4v) is 3.17. The van der Waals surface area contributed by atoms with E-state index in [0.29, 0.717) is 11.7 Å². The molecule has 78 valence electrons. The highest BCUT2D eigenvalue weighted by atomic mass is 16.1. The Morgan fingerprint density at radius 2 is 2.07 bits per heavy atom. The van der Waals surface area contributed by atoms with Gasteiger partial charge in [-0.05, 0) is 42.6 Å². The molecule has 0 aromatic carbocycles. The zero-order valence-corrected chi connectivity index (χ0v) is 9.47. The minimum atomic E-state index is 0.210. The third kappa shape index (κ3) is 1.65. The van der Waals surface area contributed by atoms with Crippen molar-refractivity contribution >= 4 is 5.78 Å². The van der Waals surface area contributed by atoms with Gasteiger partial charge in [0.25, 0.3) is 0 Å². The van der Waals surface area contributed by atoms with E-state index in [0.717, 1.165) is 18.8 Å². The molecule has 0 saturated heterocycles. The fourth-order valence-electron chi connectivity index (χ4n) is 3.17. The molecule has 1 saturated carbocycles. The molecule has 1 nitrogen and oxygen atoms in total. The molecule has 0 radical (unpaired) electrons. The van der Waals surface area contributed by atoms with Gasteiger partial charge in [0.2, 0.25) is 0 Å². The summed E-state index contributed by atoms with van der Waals surface area (Å²) < 4.78 is 0. The summed E-state index contributed by atoms with van der Waals surface area (Å²) in [5.41, 5.74) is 1.64. The van der Waals surface area contributed by atoms with Crippen molar-refractivity contribution in [1.82, 2.24) is 0 Å². The second-order valence-corrected chi connectivity index (χ2v) is 5.79. The van der Waals surface area contributed by atoms with E-state index in [9.17, 15) is 4.79 Å². The number of ketones is 1. The van der Waals surface area contributed by atoms with Gasteiger partial charge in [0.1, 0.15) is 0 Å². The van der Waals surface area contributed by atoms with Gasteiger partial charge in [-0.1, -0.05) is 26.3 Å². The standard InChI is InChI=1S/C13H20O/c1-9-4-5-12-10(6-9)7-11(14)8-13(12,2)3/h7,9,12H,4-6,8H2,1-3H3. The van der Waals surface area contributed by atoms with Gasteiger partial charge in [-0.15, -0.1) is 0 Å². The van der Waals surface area contributed by atoms with Gasteiger partial charge in [0, 0.05) is 6.42 Å². The van der Waals surface area contributed by atoms with E-state index in [4.69, 9.17) is 0 Å². The average molecular weight is 192 g/mol. The van der Waals surface area contributed by atoms with Crippen LogP contribution < -0.4 is 0 Å². The smallest absolute Gasteiger partial charge is 0.156 e. The molecular formula is C13H20O. The van der Waals surface area contributed by atoms with Crippen LogP contribution in [-0.2, 0) is 4.79 Å². The maximum atomic E-state index is 11.6. The van der Waals surface area contributed by atoms with Crippen LogP contribution in [0.15, 0.2) is 11.6 Å². The molecule has 0 spiro atoms. The molecule has 0 bridgehead atoms. The van der Waals surface area contributed by atoms with Gasteiger partial charge in [-0.3, -0.25) is 4.79 Å².